The minimum absolute atomic E-state index is 0.00202. The zero-order chi connectivity index (χ0) is 23.4. The Balaban J connectivity index is 1.66. The summed E-state index contributed by atoms with van der Waals surface area (Å²) in [5.41, 5.74) is 4.17. The summed E-state index contributed by atoms with van der Waals surface area (Å²) in [5.74, 6) is -0.328. The largest absolute Gasteiger partial charge is 0.377 e. The molecule has 4 atom stereocenters. The topological polar surface area (TPSA) is 67.4 Å². The van der Waals surface area contributed by atoms with Crippen molar-refractivity contribution in [3.05, 3.63) is 46.7 Å². The molecule has 0 aromatic carbocycles. The van der Waals surface area contributed by atoms with Gasteiger partial charge in [-0.05, 0) is 55.7 Å². The second-order valence-corrected chi connectivity index (χ2v) is 10.1. The van der Waals surface area contributed by atoms with Crippen LogP contribution in [0.1, 0.15) is 78.1 Å². The van der Waals surface area contributed by atoms with Gasteiger partial charge >= 0.3 is 0 Å². The molecule has 180 valence electrons. The fraction of sp³-hybridized carbons (Fsp3) is 0.643. The molecule has 0 aromatic rings. The first-order chi connectivity index (χ1) is 16.0. The zero-order valence-corrected chi connectivity index (χ0v) is 20.5. The molecule has 4 aliphatic rings. The van der Waals surface area contributed by atoms with Gasteiger partial charge in [0.1, 0.15) is 5.78 Å². The minimum Gasteiger partial charge on any atom is -0.377 e. The molecule has 0 aromatic heterocycles. The molecule has 5 heteroatoms. The highest BCUT2D eigenvalue weighted by atomic mass is 16.5. The van der Waals surface area contributed by atoms with Crippen molar-refractivity contribution < 1.29 is 14.3 Å². The van der Waals surface area contributed by atoms with E-state index < -0.39 is 5.92 Å². The van der Waals surface area contributed by atoms with Crippen molar-refractivity contribution in [2.24, 2.45) is 11.8 Å². The van der Waals surface area contributed by atoms with E-state index in [1.807, 2.05) is 6.92 Å². The Hall–Kier alpha value is -1.98. The quantitative estimate of drug-likeness (QED) is 0.538. The van der Waals surface area contributed by atoms with Gasteiger partial charge in [0.15, 0.2) is 5.78 Å². The lowest BCUT2D eigenvalue weighted by Crippen LogP contribution is -2.51. The van der Waals surface area contributed by atoms with Gasteiger partial charge in [0.2, 0.25) is 0 Å². The minimum atomic E-state index is -0.509. The third kappa shape index (κ3) is 5.41. The average molecular weight is 453 g/mol. The molecule has 4 unspecified atom stereocenters. The summed E-state index contributed by atoms with van der Waals surface area (Å²) in [5, 5.41) is 7.63. The van der Waals surface area contributed by atoms with Crippen LogP contribution in [0, 0.1) is 11.8 Å². The highest BCUT2D eigenvalue weighted by molar-refractivity contribution is 6.13. The number of rotatable bonds is 7. The molecule has 0 bridgehead atoms. The Morgan fingerprint density at radius 3 is 2.55 bits per heavy atom. The van der Waals surface area contributed by atoms with Crippen molar-refractivity contribution in [1.82, 2.24) is 10.6 Å². The van der Waals surface area contributed by atoms with E-state index in [2.05, 4.69) is 41.9 Å². The maximum Gasteiger partial charge on any atom is 0.175 e. The number of dihydropyridines is 1. The third-order valence-corrected chi connectivity index (χ3v) is 7.87. The van der Waals surface area contributed by atoms with E-state index in [1.54, 1.807) is 7.11 Å². The molecular formula is C28H40N2O3. The van der Waals surface area contributed by atoms with E-state index in [-0.39, 0.29) is 29.8 Å². The number of ether oxygens (including phenoxy) is 1. The SMILES string of the molecule is CCC1CC(=O)C(CC)C(=O)C2=C1NC(NC1CCCCC1)C(CC1=CCC(OC)C=C1)=C2. The second-order valence-electron chi connectivity index (χ2n) is 10.1. The average Bonchev–Trinajstić information content (AvgIpc) is 2.94. The van der Waals surface area contributed by atoms with Crippen LogP contribution in [0.5, 0.6) is 0 Å². The van der Waals surface area contributed by atoms with E-state index in [4.69, 9.17) is 4.74 Å². The van der Waals surface area contributed by atoms with Crippen molar-refractivity contribution in [3.63, 3.8) is 0 Å². The summed E-state index contributed by atoms with van der Waals surface area (Å²) < 4.78 is 5.45. The van der Waals surface area contributed by atoms with Crippen LogP contribution in [0.2, 0.25) is 0 Å². The highest BCUT2D eigenvalue weighted by Crippen LogP contribution is 2.36. The van der Waals surface area contributed by atoms with E-state index in [9.17, 15) is 9.59 Å². The predicted molar refractivity (Wildman–Crippen MR) is 131 cm³/mol. The smallest absolute Gasteiger partial charge is 0.175 e. The first-order valence-corrected chi connectivity index (χ1v) is 13.0. The Bertz CT molecular complexity index is 876. The Labute approximate surface area is 198 Å². The van der Waals surface area contributed by atoms with Crippen molar-refractivity contribution in [2.45, 2.75) is 96.4 Å². The molecule has 0 saturated heterocycles. The Morgan fingerprint density at radius 2 is 1.91 bits per heavy atom. The summed E-state index contributed by atoms with van der Waals surface area (Å²) in [6.07, 6.45) is 18.6. The van der Waals surface area contributed by atoms with E-state index in [0.29, 0.717) is 18.9 Å². The van der Waals surface area contributed by atoms with Gasteiger partial charge in [-0.25, -0.2) is 0 Å². The number of Topliss-reactive ketones (excluding diaryl/α,β-unsaturated/α-hetero) is 2. The molecule has 0 radical (unpaired) electrons. The molecule has 1 fully saturated rings. The van der Waals surface area contributed by atoms with Crippen LogP contribution < -0.4 is 10.6 Å². The summed E-state index contributed by atoms with van der Waals surface area (Å²) >= 11 is 0. The van der Waals surface area contributed by atoms with E-state index in [0.717, 1.165) is 30.5 Å². The number of methoxy groups -OCH3 is 1. The predicted octanol–water partition coefficient (Wildman–Crippen LogP) is 4.90. The number of hydrogen-bond acceptors (Lipinski definition) is 5. The van der Waals surface area contributed by atoms with Crippen molar-refractivity contribution >= 4 is 11.6 Å². The van der Waals surface area contributed by atoms with Crippen LogP contribution in [-0.4, -0.2) is 37.0 Å². The summed E-state index contributed by atoms with van der Waals surface area (Å²) in [6.45, 7) is 4.07. The number of carbonyl (C=O) groups excluding carboxylic acids is 2. The lowest BCUT2D eigenvalue weighted by Gasteiger charge is -2.36. The third-order valence-electron chi connectivity index (χ3n) is 7.87. The van der Waals surface area contributed by atoms with Gasteiger partial charge < -0.3 is 10.1 Å². The van der Waals surface area contributed by atoms with Gasteiger partial charge in [-0.2, -0.15) is 0 Å². The first-order valence-electron chi connectivity index (χ1n) is 13.0. The highest BCUT2D eigenvalue weighted by Gasteiger charge is 2.39. The molecule has 2 N–H and O–H groups in total. The van der Waals surface area contributed by atoms with Gasteiger partial charge in [-0.3, -0.25) is 14.9 Å². The first kappa shape index (κ1) is 24.2. The Kier molecular flexibility index (Phi) is 8.02. The molecular weight excluding hydrogens is 412 g/mol. The maximum atomic E-state index is 13.5. The van der Waals surface area contributed by atoms with Gasteiger partial charge in [-0.15, -0.1) is 0 Å². The van der Waals surface area contributed by atoms with Crippen LogP contribution in [-0.2, 0) is 14.3 Å². The molecule has 5 nitrogen and oxygen atoms in total. The van der Waals surface area contributed by atoms with Crippen LogP contribution >= 0.6 is 0 Å². The van der Waals surface area contributed by atoms with Crippen molar-refractivity contribution in [2.75, 3.05) is 7.11 Å². The molecule has 1 aliphatic heterocycles. The number of ketones is 2. The molecule has 0 amide bonds. The van der Waals surface area contributed by atoms with E-state index >= 15 is 0 Å². The lowest BCUT2D eigenvalue weighted by molar-refractivity contribution is -0.130. The summed E-state index contributed by atoms with van der Waals surface area (Å²) in [4.78, 5) is 26.4. The summed E-state index contributed by atoms with van der Waals surface area (Å²) in [7, 11) is 1.74. The standard InChI is InChI=1S/C28H40N2O3/c1-4-19-17-25(31)23(5-2)27(32)24-16-20(15-18-11-13-22(33-3)14-12-18)28(30-26(19)24)29-21-9-7-6-8-10-21/h11-13,16,19,21-23,28-30H,4-10,14-15,17H2,1-3H3. The number of carbonyl (C=O) groups is 2. The molecule has 3 aliphatic carbocycles. The van der Waals surface area contributed by atoms with Crippen LogP contribution in [0.4, 0.5) is 0 Å². The van der Waals surface area contributed by atoms with Gasteiger partial charge in [0.05, 0.1) is 18.2 Å². The zero-order valence-electron chi connectivity index (χ0n) is 20.5. The molecule has 4 rings (SSSR count). The molecule has 0 spiro atoms. The fourth-order valence-corrected chi connectivity index (χ4v) is 5.79. The normalized spacial score (nSPS) is 31.0. The van der Waals surface area contributed by atoms with Crippen LogP contribution in [0.3, 0.4) is 0 Å². The summed E-state index contributed by atoms with van der Waals surface area (Å²) in [6, 6.07) is 0.488. The fourth-order valence-electron chi connectivity index (χ4n) is 5.79. The van der Waals surface area contributed by atoms with Crippen molar-refractivity contribution in [1.29, 1.82) is 0 Å². The molecule has 1 saturated carbocycles. The number of nitrogens with one attached hydrogen (secondary N) is 2. The van der Waals surface area contributed by atoms with E-state index in [1.165, 1.54) is 43.3 Å². The molecule has 1 heterocycles. The maximum absolute atomic E-state index is 13.5. The van der Waals surface area contributed by atoms with Gasteiger partial charge in [0.25, 0.3) is 0 Å². The molecule has 33 heavy (non-hydrogen) atoms. The lowest BCUT2D eigenvalue weighted by atomic mass is 9.86. The van der Waals surface area contributed by atoms with Gasteiger partial charge in [-0.1, -0.05) is 51.3 Å². The Morgan fingerprint density at radius 1 is 1.12 bits per heavy atom. The van der Waals surface area contributed by atoms with Crippen molar-refractivity contribution in [3.8, 4) is 0 Å². The number of allylic oxidation sites excluding steroid dienone is 5. The monoisotopic (exact) mass is 452 g/mol. The van der Waals surface area contributed by atoms with Gasteiger partial charge in [0, 0.05) is 36.8 Å². The number of hydrogen-bond donors (Lipinski definition) is 2. The van der Waals surface area contributed by atoms with Crippen LogP contribution in [0.15, 0.2) is 46.7 Å². The van der Waals surface area contributed by atoms with Crippen LogP contribution in [0.25, 0.3) is 0 Å². The second kappa shape index (κ2) is 11.0.